The quantitative estimate of drug-likeness (QED) is 0.442. The molecule has 0 radical (unpaired) electrons. The van der Waals surface area contributed by atoms with Crippen LogP contribution in [-0.4, -0.2) is 45.7 Å². The van der Waals surface area contributed by atoms with E-state index in [1.54, 1.807) is 6.08 Å². The molecule has 0 aliphatic carbocycles. The monoisotopic (exact) mass is 371 g/mol. The molecule has 2 aromatic rings. The summed E-state index contributed by atoms with van der Waals surface area (Å²) < 4.78 is 0. The summed E-state index contributed by atoms with van der Waals surface area (Å²) in [5.74, 6) is 0.0987. The summed E-state index contributed by atoms with van der Waals surface area (Å²) in [6.45, 7) is 2.72. The fraction of sp³-hybridized carbons (Fsp3) is 0.364. The zero-order chi connectivity index (χ0) is 19.7. The summed E-state index contributed by atoms with van der Waals surface area (Å²) in [6, 6.07) is 19.1. The largest absolute Gasteiger partial charge is 0.412 e. The third kappa shape index (κ3) is 5.17. The van der Waals surface area contributed by atoms with Gasteiger partial charge in [0.25, 0.3) is 0 Å². The van der Waals surface area contributed by atoms with Crippen molar-refractivity contribution < 1.29 is 20.2 Å². The van der Waals surface area contributed by atoms with E-state index >= 15 is 0 Å². The predicted octanol–water partition coefficient (Wildman–Crippen LogP) is 3.00. The number of aliphatic hydroxyl groups is 3. The maximum absolute atomic E-state index is 9.98. The van der Waals surface area contributed by atoms with Crippen molar-refractivity contribution in [2.24, 2.45) is 5.92 Å². The summed E-state index contributed by atoms with van der Waals surface area (Å²) >= 11 is 0. The second kappa shape index (κ2) is 10.2. The molecule has 0 spiro atoms. The summed E-state index contributed by atoms with van der Waals surface area (Å²) in [6.07, 6.45) is 3.32. The molecule has 0 saturated heterocycles. The van der Waals surface area contributed by atoms with Crippen LogP contribution < -0.4 is 0 Å². The van der Waals surface area contributed by atoms with Gasteiger partial charge < -0.3 is 20.2 Å². The van der Waals surface area contributed by atoms with Gasteiger partial charge in [-0.2, -0.15) is 0 Å². The van der Waals surface area contributed by atoms with Crippen molar-refractivity contribution in [3.05, 3.63) is 78.1 Å². The fourth-order valence-electron chi connectivity index (χ4n) is 3.01. The number of hydrogen-bond acceptors (Lipinski definition) is 5. The Bertz CT molecular complexity index is 676. The van der Waals surface area contributed by atoms with Crippen LogP contribution in [-0.2, 0) is 4.84 Å². The first-order chi connectivity index (χ1) is 13.1. The van der Waals surface area contributed by atoms with E-state index < -0.39 is 25.4 Å². The Hall–Kier alpha value is -2.18. The topological polar surface area (TPSA) is 73.2 Å². The zero-order valence-electron chi connectivity index (χ0n) is 15.9. The second-order valence-electron chi connectivity index (χ2n) is 6.94. The Kier molecular flexibility index (Phi) is 8.00. The maximum Gasteiger partial charge on any atom is 0.126 e. The van der Waals surface area contributed by atoms with Crippen LogP contribution in [0.15, 0.2) is 66.9 Å². The lowest BCUT2D eigenvalue weighted by atomic mass is 9.91. The third-order valence-corrected chi connectivity index (χ3v) is 4.61. The van der Waals surface area contributed by atoms with Crippen LogP contribution in [0.5, 0.6) is 0 Å². The Labute approximate surface area is 161 Å². The Morgan fingerprint density at radius 3 is 1.89 bits per heavy atom. The minimum atomic E-state index is -1.33. The molecule has 0 aliphatic heterocycles. The molecule has 0 fully saturated rings. The first kappa shape index (κ1) is 21.1. The number of benzene rings is 2. The molecule has 2 aromatic carbocycles. The van der Waals surface area contributed by atoms with Crippen molar-refractivity contribution >= 4 is 6.08 Å². The molecule has 2 rings (SSSR count). The minimum absolute atomic E-state index is 0.0987. The highest BCUT2D eigenvalue weighted by molar-refractivity contribution is 5.47. The van der Waals surface area contributed by atoms with Crippen LogP contribution in [0.4, 0.5) is 0 Å². The van der Waals surface area contributed by atoms with Crippen LogP contribution in [0, 0.1) is 5.92 Å². The highest BCUT2D eigenvalue weighted by Gasteiger charge is 2.43. The number of aliphatic hydroxyl groups excluding tert-OH is 3. The Morgan fingerprint density at radius 2 is 1.41 bits per heavy atom. The highest BCUT2D eigenvalue weighted by atomic mass is 16.7. The number of nitrogens with zero attached hydrogens (tertiary/aromatic N) is 1. The highest BCUT2D eigenvalue weighted by Crippen LogP contribution is 2.34. The van der Waals surface area contributed by atoms with E-state index in [0.29, 0.717) is 0 Å². The molecule has 5 heteroatoms. The molecule has 27 heavy (non-hydrogen) atoms. The first-order valence-electron chi connectivity index (χ1n) is 9.13. The fourth-order valence-corrected chi connectivity index (χ4v) is 3.01. The van der Waals surface area contributed by atoms with Gasteiger partial charge >= 0.3 is 0 Å². The summed E-state index contributed by atoms with van der Waals surface area (Å²) in [7, 11) is 0. The molecule has 0 heterocycles. The lowest BCUT2D eigenvalue weighted by Crippen LogP contribution is -2.58. The van der Waals surface area contributed by atoms with Gasteiger partial charge in [-0.1, -0.05) is 74.5 Å². The van der Waals surface area contributed by atoms with E-state index in [0.717, 1.165) is 11.1 Å². The van der Waals surface area contributed by atoms with Crippen LogP contribution in [0.1, 0.15) is 31.0 Å². The molecular formula is C22H29NO4. The van der Waals surface area contributed by atoms with E-state index in [1.807, 2.05) is 74.5 Å². The lowest BCUT2D eigenvalue weighted by molar-refractivity contribution is -0.249. The molecule has 146 valence electrons. The predicted molar refractivity (Wildman–Crippen MR) is 106 cm³/mol. The van der Waals surface area contributed by atoms with E-state index in [2.05, 4.69) is 0 Å². The molecule has 1 unspecified atom stereocenters. The van der Waals surface area contributed by atoms with Crippen molar-refractivity contribution in [1.82, 2.24) is 5.06 Å². The van der Waals surface area contributed by atoms with Gasteiger partial charge in [0.1, 0.15) is 11.8 Å². The third-order valence-electron chi connectivity index (χ3n) is 4.61. The average Bonchev–Trinajstić information content (AvgIpc) is 2.71. The Morgan fingerprint density at radius 1 is 0.889 bits per heavy atom. The van der Waals surface area contributed by atoms with Crippen molar-refractivity contribution in [1.29, 1.82) is 0 Å². The smallest absolute Gasteiger partial charge is 0.126 e. The van der Waals surface area contributed by atoms with Crippen molar-refractivity contribution in [2.45, 2.75) is 25.4 Å². The molecule has 0 saturated carbocycles. The average molecular weight is 371 g/mol. The Balaban J connectivity index is 2.40. The van der Waals surface area contributed by atoms with Gasteiger partial charge in [-0.05, 0) is 23.1 Å². The van der Waals surface area contributed by atoms with Gasteiger partial charge in [0.05, 0.1) is 25.9 Å². The second-order valence-corrected chi connectivity index (χ2v) is 6.94. The lowest BCUT2D eigenvalue weighted by Gasteiger charge is -2.44. The molecule has 5 nitrogen and oxygen atoms in total. The standard InChI is InChI=1S/C22H29NO4/c1-18(2)21(20-11-7-4-8-12-20)23(22(15-24,16-25)17-26)27-14-13-19-9-5-3-6-10-19/h3-14,18,21,24-26H,15-17H2,1-2H3/b14-13+. The normalized spacial score (nSPS) is 13.4. The molecule has 0 amide bonds. The van der Waals surface area contributed by atoms with Gasteiger partial charge in [0, 0.05) is 0 Å². The molecule has 0 aliphatic rings. The van der Waals surface area contributed by atoms with Gasteiger partial charge in [-0.25, -0.2) is 0 Å². The first-order valence-corrected chi connectivity index (χ1v) is 9.13. The zero-order valence-corrected chi connectivity index (χ0v) is 15.9. The molecule has 1 atom stereocenters. The SMILES string of the molecule is CC(C)C(c1ccccc1)N(O/C=C/c1ccccc1)C(CO)(CO)CO. The minimum Gasteiger partial charge on any atom is -0.412 e. The number of hydroxylamine groups is 2. The summed E-state index contributed by atoms with van der Waals surface area (Å²) in [4.78, 5) is 5.93. The van der Waals surface area contributed by atoms with E-state index in [-0.39, 0.29) is 12.0 Å². The van der Waals surface area contributed by atoms with Crippen LogP contribution >= 0.6 is 0 Å². The van der Waals surface area contributed by atoms with E-state index in [4.69, 9.17) is 4.84 Å². The number of rotatable bonds is 10. The molecular weight excluding hydrogens is 342 g/mol. The molecule has 0 bridgehead atoms. The van der Waals surface area contributed by atoms with Gasteiger partial charge in [-0.15, -0.1) is 5.06 Å². The summed E-state index contributed by atoms with van der Waals surface area (Å²) in [5.41, 5.74) is 0.604. The molecule has 0 aromatic heterocycles. The van der Waals surface area contributed by atoms with E-state index in [1.165, 1.54) is 11.3 Å². The van der Waals surface area contributed by atoms with Crippen LogP contribution in [0.3, 0.4) is 0 Å². The number of hydrogen-bond donors (Lipinski definition) is 3. The van der Waals surface area contributed by atoms with Gasteiger partial charge in [0.15, 0.2) is 0 Å². The van der Waals surface area contributed by atoms with Crippen molar-refractivity contribution in [3.8, 4) is 0 Å². The molecule has 3 N–H and O–H groups in total. The van der Waals surface area contributed by atoms with Crippen LogP contribution in [0.2, 0.25) is 0 Å². The van der Waals surface area contributed by atoms with Crippen LogP contribution in [0.25, 0.3) is 6.08 Å². The maximum atomic E-state index is 9.98. The summed E-state index contributed by atoms with van der Waals surface area (Å²) in [5, 5.41) is 31.4. The van der Waals surface area contributed by atoms with Crippen molar-refractivity contribution in [2.75, 3.05) is 19.8 Å². The van der Waals surface area contributed by atoms with E-state index in [9.17, 15) is 15.3 Å². The van der Waals surface area contributed by atoms with Crippen molar-refractivity contribution in [3.63, 3.8) is 0 Å². The van der Waals surface area contributed by atoms with Gasteiger partial charge in [-0.3, -0.25) is 0 Å². The van der Waals surface area contributed by atoms with Gasteiger partial charge in [0.2, 0.25) is 0 Å².